The first kappa shape index (κ1) is 18.0. The Morgan fingerprint density at radius 3 is 2.54 bits per heavy atom. The summed E-state index contributed by atoms with van der Waals surface area (Å²) < 4.78 is 41.4. The van der Waals surface area contributed by atoms with E-state index in [1.54, 1.807) is 18.2 Å². The number of aryl methyl sites for hydroxylation is 1. The Labute approximate surface area is 147 Å². The molecule has 136 valence electrons. The van der Waals surface area contributed by atoms with Gasteiger partial charge in [0.15, 0.2) is 0 Å². The van der Waals surface area contributed by atoms with Crippen molar-refractivity contribution in [3.8, 4) is 5.75 Å². The molecule has 2 N–H and O–H groups in total. The first-order valence-corrected chi connectivity index (χ1v) is 7.99. The van der Waals surface area contributed by atoms with E-state index in [4.69, 9.17) is 0 Å². The lowest BCUT2D eigenvalue weighted by Gasteiger charge is -2.13. The molecule has 0 aliphatic carbocycles. The van der Waals surface area contributed by atoms with Crippen LogP contribution in [-0.4, -0.2) is 11.3 Å². The Bertz CT molecular complexity index is 980. The van der Waals surface area contributed by atoms with Crippen molar-refractivity contribution in [1.82, 2.24) is 10.3 Å². The summed E-state index contributed by atoms with van der Waals surface area (Å²) in [5.74, 6) is -0.254. The Hall–Kier alpha value is -2.80. The summed E-state index contributed by atoms with van der Waals surface area (Å²) in [4.78, 5) is 15.1. The molecule has 4 nitrogen and oxygen atoms in total. The van der Waals surface area contributed by atoms with Crippen LogP contribution < -0.4 is 15.6 Å². The van der Waals surface area contributed by atoms with E-state index in [9.17, 15) is 18.0 Å². The van der Waals surface area contributed by atoms with E-state index in [0.717, 1.165) is 16.5 Å². The van der Waals surface area contributed by atoms with Crippen LogP contribution in [0.5, 0.6) is 5.75 Å². The zero-order chi connectivity index (χ0) is 18.7. The third-order valence-electron chi connectivity index (χ3n) is 3.99. The Kier molecular flexibility index (Phi) is 4.99. The number of pyridine rings is 1. The number of hydrogen-bond acceptors (Lipinski definition) is 3. The SMILES string of the molecule is Cc1cccc2cc(CNCc3ccccc3OC(F)(F)F)c(=O)[nH]c12. The van der Waals surface area contributed by atoms with Crippen LogP contribution in [0.2, 0.25) is 0 Å². The highest BCUT2D eigenvalue weighted by Gasteiger charge is 2.31. The van der Waals surface area contributed by atoms with Gasteiger partial charge in [0.05, 0.1) is 5.52 Å². The van der Waals surface area contributed by atoms with E-state index in [-0.39, 0.29) is 24.4 Å². The molecule has 0 saturated carbocycles. The molecule has 1 aromatic heterocycles. The van der Waals surface area contributed by atoms with Crippen LogP contribution in [0.25, 0.3) is 10.9 Å². The molecule has 0 unspecified atom stereocenters. The molecule has 0 amide bonds. The van der Waals surface area contributed by atoms with Crippen LogP contribution >= 0.6 is 0 Å². The number of rotatable bonds is 5. The predicted octanol–water partition coefficient (Wildman–Crippen LogP) is 4.02. The van der Waals surface area contributed by atoms with Crippen LogP contribution in [0.15, 0.2) is 53.3 Å². The molecule has 1 heterocycles. The molecule has 0 saturated heterocycles. The zero-order valence-corrected chi connectivity index (χ0v) is 14.0. The number of halogens is 3. The molecule has 0 aliphatic heterocycles. The van der Waals surface area contributed by atoms with Gasteiger partial charge in [0.1, 0.15) is 5.75 Å². The summed E-state index contributed by atoms with van der Waals surface area (Å²) in [5, 5.41) is 3.90. The van der Waals surface area contributed by atoms with E-state index in [0.29, 0.717) is 11.1 Å². The molecule has 26 heavy (non-hydrogen) atoms. The minimum atomic E-state index is -4.75. The van der Waals surface area contributed by atoms with Crippen molar-refractivity contribution < 1.29 is 17.9 Å². The molecule has 0 radical (unpaired) electrons. The molecule has 0 aliphatic rings. The minimum Gasteiger partial charge on any atom is -0.405 e. The van der Waals surface area contributed by atoms with Crippen LogP contribution in [0.4, 0.5) is 13.2 Å². The fourth-order valence-corrected chi connectivity index (χ4v) is 2.77. The van der Waals surface area contributed by atoms with Gasteiger partial charge >= 0.3 is 6.36 Å². The van der Waals surface area contributed by atoms with Crippen LogP contribution in [0.1, 0.15) is 16.7 Å². The zero-order valence-electron chi connectivity index (χ0n) is 14.0. The smallest absolute Gasteiger partial charge is 0.405 e. The summed E-state index contributed by atoms with van der Waals surface area (Å²) in [7, 11) is 0. The number of aromatic amines is 1. The summed E-state index contributed by atoms with van der Waals surface area (Å²) in [6.07, 6.45) is -4.75. The Morgan fingerprint density at radius 2 is 1.77 bits per heavy atom. The van der Waals surface area contributed by atoms with Gasteiger partial charge < -0.3 is 15.0 Å². The largest absolute Gasteiger partial charge is 0.573 e. The molecule has 7 heteroatoms. The number of benzene rings is 2. The average molecular weight is 362 g/mol. The standard InChI is InChI=1S/C19H17F3N2O2/c1-12-5-4-7-13-9-15(18(25)24-17(12)13)11-23-10-14-6-2-3-8-16(14)26-19(20,21)22/h2-9,23H,10-11H2,1H3,(H,24,25). The van der Waals surface area contributed by atoms with E-state index in [1.807, 2.05) is 25.1 Å². The Morgan fingerprint density at radius 1 is 1.04 bits per heavy atom. The third kappa shape index (κ3) is 4.23. The van der Waals surface area contributed by atoms with Gasteiger partial charge in [-0.1, -0.05) is 36.4 Å². The van der Waals surface area contributed by atoms with Gasteiger partial charge in [-0.3, -0.25) is 4.79 Å². The fourth-order valence-electron chi connectivity index (χ4n) is 2.77. The van der Waals surface area contributed by atoms with Crippen molar-refractivity contribution in [1.29, 1.82) is 0 Å². The van der Waals surface area contributed by atoms with Crippen molar-refractivity contribution >= 4 is 10.9 Å². The summed E-state index contributed by atoms with van der Waals surface area (Å²) >= 11 is 0. The van der Waals surface area contributed by atoms with Crippen molar-refractivity contribution in [3.63, 3.8) is 0 Å². The van der Waals surface area contributed by atoms with Gasteiger partial charge in [-0.15, -0.1) is 13.2 Å². The van der Waals surface area contributed by atoms with Gasteiger partial charge in [0.2, 0.25) is 0 Å². The first-order valence-electron chi connectivity index (χ1n) is 7.99. The average Bonchev–Trinajstić information content (AvgIpc) is 2.56. The molecule has 0 bridgehead atoms. The molecule has 0 atom stereocenters. The number of alkyl halides is 3. The maximum atomic E-state index is 12.5. The molecule has 0 fully saturated rings. The molecule has 3 aromatic rings. The lowest BCUT2D eigenvalue weighted by atomic mass is 10.1. The van der Waals surface area contributed by atoms with Crippen LogP contribution in [0, 0.1) is 6.92 Å². The summed E-state index contributed by atoms with van der Waals surface area (Å²) in [5.41, 5.74) is 2.40. The maximum absolute atomic E-state index is 12.5. The van der Waals surface area contributed by atoms with Gasteiger partial charge in [-0.25, -0.2) is 0 Å². The summed E-state index contributed by atoms with van der Waals surface area (Å²) in [6.45, 7) is 2.27. The molecule has 0 spiro atoms. The van der Waals surface area contributed by atoms with Crippen LogP contribution in [-0.2, 0) is 13.1 Å². The van der Waals surface area contributed by atoms with Gasteiger partial charge in [-0.05, 0) is 30.0 Å². The minimum absolute atomic E-state index is 0.136. The number of para-hydroxylation sites is 2. The number of H-pyrrole nitrogens is 1. The molecule has 3 rings (SSSR count). The second-order valence-electron chi connectivity index (χ2n) is 5.92. The van der Waals surface area contributed by atoms with Crippen molar-refractivity contribution in [3.05, 3.63) is 75.6 Å². The van der Waals surface area contributed by atoms with Crippen molar-refractivity contribution in [2.45, 2.75) is 26.4 Å². The van der Waals surface area contributed by atoms with Crippen LogP contribution in [0.3, 0.4) is 0 Å². The highest BCUT2D eigenvalue weighted by Crippen LogP contribution is 2.26. The maximum Gasteiger partial charge on any atom is 0.573 e. The highest BCUT2D eigenvalue weighted by atomic mass is 19.4. The topological polar surface area (TPSA) is 54.1 Å². The second-order valence-corrected chi connectivity index (χ2v) is 5.92. The second kappa shape index (κ2) is 7.21. The highest BCUT2D eigenvalue weighted by molar-refractivity contribution is 5.81. The number of ether oxygens (including phenoxy) is 1. The van der Waals surface area contributed by atoms with E-state index in [2.05, 4.69) is 15.0 Å². The van der Waals surface area contributed by atoms with E-state index in [1.165, 1.54) is 12.1 Å². The molecule has 2 aromatic carbocycles. The summed E-state index contributed by atoms with van der Waals surface area (Å²) in [6, 6.07) is 13.4. The van der Waals surface area contributed by atoms with Crippen molar-refractivity contribution in [2.75, 3.05) is 0 Å². The van der Waals surface area contributed by atoms with E-state index < -0.39 is 6.36 Å². The third-order valence-corrected chi connectivity index (χ3v) is 3.99. The molecular weight excluding hydrogens is 345 g/mol. The fraction of sp³-hybridized carbons (Fsp3) is 0.211. The Balaban J connectivity index is 1.74. The number of nitrogens with one attached hydrogen (secondary N) is 2. The number of fused-ring (bicyclic) bond motifs is 1. The number of aromatic nitrogens is 1. The lowest BCUT2D eigenvalue weighted by Crippen LogP contribution is -2.22. The van der Waals surface area contributed by atoms with Gasteiger partial charge in [0, 0.05) is 24.2 Å². The predicted molar refractivity (Wildman–Crippen MR) is 93.0 cm³/mol. The first-order chi connectivity index (χ1) is 12.3. The molecular formula is C19H17F3N2O2. The van der Waals surface area contributed by atoms with Gasteiger partial charge in [0.25, 0.3) is 5.56 Å². The lowest BCUT2D eigenvalue weighted by molar-refractivity contribution is -0.274. The normalized spacial score (nSPS) is 11.7. The van der Waals surface area contributed by atoms with E-state index >= 15 is 0 Å². The monoisotopic (exact) mass is 362 g/mol. The quantitative estimate of drug-likeness (QED) is 0.721. The number of hydrogen-bond donors (Lipinski definition) is 2. The van der Waals surface area contributed by atoms with Gasteiger partial charge in [-0.2, -0.15) is 0 Å². The van der Waals surface area contributed by atoms with Crippen molar-refractivity contribution in [2.24, 2.45) is 0 Å².